The number of nitrogens with one attached hydrogen (secondary N) is 1. The zero-order valence-electron chi connectivity index (χ0n) is 18.6. The fourth-order valence-corrected chi connectivity index (χ4v) is 3.99. The number of rotatable bonds is 7. The third kappa shape index (κ3) is 5.33. The first-order valence-corrected chi connectivity index (χ1v) is 11.4. The highest BCUT2D eigenvalue weighted by atomic mass is 35.5. The molecule has 0 aliphatic carbocycles. The summed E-state index contributed by atoms with van der Waals surface area (Å²) in [5.41, 5.74) is 2.14. The van der Waals surface area contributed by atoms with Gasteiger partial charge in [0.05, 0.1) is 5.92 Å². The van der Waals surface area contributed by atoms with E-state index in [0.717, 1.165) is 5.56 Å². The molecule has 9 heteroatoms. The minimum absolute atomic E-state index is 0.104. The predicted octanol–water partition coefficient (Wildman–Crippen LogP) is 4.96. The van der Waals surface area contributed by atoms with Crippen LogP contribution in [0.15, 0.2) is 83.3 Å². The first-order chi connectivity index (χ1) is 17.0. The van der Waals surface area contributed by atoms with Gasteiger partial charge in [0.1, 0.15) is 5.75 Å². The van der Waals surface area contributed by atoms with Gasteiger partial charge in [-0.25, -0.2) is 0 Å². The molecule has 0 spiro atoms. The average Bonchev–Trinajstić information content (AvgIpc) is 3.51. The molecule has 2 amide bonds. The number of halogens is 1. The highest BCUT2D eigenvalue weighted by molar-refractivity contribution is 6.31. The van der Waals surface area contributed by atoms with Gasteiger partial charge in [0.25, 0.3) is 5.89 Å². The molecule has 0 radical (unpaired) electrons. The summed E-state index contributed by atoms with van der Waals surface area (Å²) in [7, 11) is 0. The summed E-state index contributed by atoms with van der Waals surface area (Å²) in [6, 6.07) is 23.5. The van der Waals surface area contributed by atoms with Crippen LogP contribution in [-0.4, -0.2) is 28.6 Å². The van der Waals surface area contributed by atoms with E-state index in [1.165, 1.54) is 0 Å². The molecular formula is C26H21ClN4O4. The van der Waals surface area contributed by atoms with Crippen LogP contribution in [0.2, 0.25) is 5.02 Å². The molecule has 2 heterocycles. The van der Waals surface area contributed by atoms with E-state index in [9.17, 15) is 9.59 Å². The molecule has 5 rings (SSSR count). The van der Waals surface area contributed by atoms with Crippen LogP contribution in [0.1, 0.15) is 12.3 Å². The Morgan fingerprint density at radius 2 is 1.86 bits per heavy atom. The molecule has 1 unspecified atom stereocenters. The van der Waals surface area contributed by atoms with Gasteiger partial charge in [-0.1, -0.05) is 35.9 Å². The van der Waals surface area contributed by atoms with E-state index in [2.05, 4.69) is 15.5 Å². The van der Waals surface area contributed by atoms with Crippen LogP contribution in [0.25, 0.3) is 11.5 Å². The van der Waals surface area contributed by atoms with E-state index in [1.54, 1.807) is 53.4 Å². The molecule has 1 aliphatic heterocycles. The number of ether oxygens (including phenoxy) is 1. The topological polar surface area (TPSA) is 97.6 Å². The Labute approximate surface area is 206 Å². The summed E-state index contributed by atoms with van der Waals surface area (Å²) in [6.45, 7) is 0.427. The highest BCUT2D eigenvalue weighted by Gasteiger charge is 2.35. The zero-order valence-corrected chi connectivity index (χ0v) is 19.3. The largest absolute Gasteiger partial charge is 0.484 e. The van der Waals surface area contributed by atoms with Gasteiger partial charge in [-0.2, -0.15) is 0 Å². The molecule has 0 bridgehead atoms. The van der Waals surface area contributed by atoms with Crippen molar-refractivity contribution in [1.82, 2.24) is 10.2 Å². The lowest BCUT2D eigenvalue weighted by Gasteiger charge is -2.17. The molecule has 8 nitrogen and oxygen atoms in total. The quantitative estimate of drug-likeness (QED) is 0.395. The maximum absolute atomic E-state index is 12.7. The number of hydrogen-bond donors (Lipinski definition) is 1. The number of hydrogen-bond acceptors (Lipinski definition) is 6. The maximum Gasteiger partial charge on any atom is 0.254 e. The number of aromatic nitrogens is 2. The van der Waals surface area contributed by atoms with Crippen LogP contribution in [0.3, 0.4) is 0 Å². The molecule has 1 aliphatic rings. The Kier molecular flexibility index (Phi) is 6.45. The average molecular weight is 489 g/mol. The smallest absolute Gasteiger partial charge is 0.254 e. The van der Waals surface area contributed by atoms with Crippen LogP contribution in [-0.2, 0) is 16.2 Å². The molecule has 1 fully saturated rings. The third-order valence-electron chi connectivity index (χ3n) is 5.59. The van der Waals surface area contributed by atoms with Gasteiger partial charge in [0, 0.05) is 34.9 Å². The van der Waals surface area contributed by atoms with Crippen LogP contribution in [0, 0.1) is 5.92 Å². The highest BCUT2D eigenvalue weighted by Crippen LogP contribution is 2.28. The molecule has 4 aromatic rings. The van der Waals surface area contributed by atoms with Crippen molar-refractivity contribution >= 4 is 34.8 Å². The van der Waals surface area contributed by atoms with Gasteiger partial charge >= 0.3 is 0 Å². The van der Waals surface area contributed by atoms with Crippen molar-refractivity contribution in [2.24, 2.45) is 5.92 Å². The minimum Gasteiger partial charge on any atom is -0.484 e. The molecule has 176 valence electrons. The van der Waals surface area contributed by atoms with E-state index < -0.39 is 5.92 Å². The van der Waals surface area contributed by atoms with Crippen molar-refractivity contribution in [2.45, 2.75) is 13.0 Å². The van der Waals surface area contributed by atoms with Crippen LogP contribution < -0.4 is 15.0 Å². The molecule has 35 heavy (non-hydrogen) atoms. The summed E-state index contributed by atoms with van der Waals surface area (Å²) in [5.74, 6) is 0.612. The number of nitrogens with zero attached hydrogens (tertiary/aromatic N) is 3. The normalized spacial score (nSPS) is 15.3. The van der Waals surface area contributed by atoms with Gasteiger partial charge in [0.15, 0.2) is 6.61 Å². The van der Waals surface area contributed by atoms with E-state index in [0.29, 0.717) is 40.5 Å². The number of amides is 2. The summed E-state index contributed by atoms with van der Waals surface area (Å²) >= 11 is 6.03. The molecule has 1 N–H and O–H groups in total. The lowest BCUT2D eigenvalue weighted by molar-refractivity contribution is -0.122. The fraction of sp³-hybridized carbons (Fsp3) is 0.154. The SMILES string of the molecule is O=C(Nc1ccc(OCc2nnc(-c3ccccc3)o2)cc1)C1CC(=O)N(c2cccc(Cl)c2)C1. The van der Waals surface area contributed by atoms with Gasteiger partial charge in [-0.05, 0) is 54.6 Å². The van der Waals surface area contributed by atoms with Crippen LogP contribution >= 0.6 is 11.6 Å². The monoisotopic (exact) mass is 488 g/mol. The fourth-order valence-electron chi connectivity index (χ4n) is 3.81. The molecular weight excluding hydrogens is 468 g/mol. The molecule has 1 aromatic heterocycles. The second-order valence-corrected chi connectivity index (χ2v) is 8.49. The summed E-state index contributed by atoms with van der Waals surface area (Å²) < 4.78 is 11.4. The van der Waals surface area contributed by atoms with Crippen molar-refractivity contribution in [2.75, 3.05) is 16.8 Å². The van der Waals surface area contributed by atoms with E-state index in [4.69, 9.17) is 20.8 Å². The standard InChI is InChI=1S/C26H21ClN4O4/c27-19-7-4-8-21(14-19)31-15-18(13-24(31)32)25(33)28-20-9-11-22(12-10-20)34-16-23-29-30-26(35-23)17-5-2-1-3-6-17/h1-12,14,18H,13,15-16H2,(H,28,33). The van der Waals surface area contributed by atoms with Crippen molar-refractivity contribution in [3.63, 3.8) is 0 Å². The number of benzene rings is 3. The number of carbonyl (C=O) groups is 2. The number of carbonyl (C=O) groups excluding carboxylic acids is 2. The Morgan fingerprint density at radius 3 is 2.63 bits per heavy atom. The van der Waals surface area contributed by atoms with Gasteiger partial charge in [-0.15, -0.1) is 10.2 Å². The van der Waals surface area contributed by atoms with E-state index >= 15 is 0 Å². The van der Waals surface area contributed by atoms with Crippen LogP contribution in [0.4, 0.5) is 11.4 Å². The van der Waals surface area contributed by atoms with E-state index in [1.807, 2.05) is 30.3 Å². The van der Waals surface area contributed by atoms with Gasteiger partial charge in [0.2, 0.25) is 17.7 Å². The Hall–Kier alpha value is -4.17. The summed E-state index contributed by atoms with van der Waals surface area (Å²) in [4.78, 5) is 26.8. The maximum atomic E-state index is 12.7. The predicted molar refractivity (Wildman–Crippen MR) is 131 cm³/mol. The van der Waals surface area contributed by atoms with Crippen molar-refractivity contribution in [1.29, 1.82) is 0 Å². The van der Waals surface area contributed by atoms with Crippen LogP contribution in [0.5, 0.6) is 5.75 Å². The first-order valence-electron chi connectivity index (χ1n) is 11.0. The summed E-state index contributed by atoms with van der Waals surface area (Å²) in [5, 5.41) is 11.5. The Morgan fingerprint density at radius 1 is 1.06 bits per heavy atom. The van der Waals surface area contributed by atoms with Crippen molar-refractivity contribution in [3.8, 4) is 17.2 Å². The molecule has 1 saturated heterocycles. The molecule has 3 aromatic carbocycles. The Bertz CT molecular complexity index is 1340. The second-order valence-electron chi connectivity index (χ2n) is 8.05. The first kappa shape index (κ1) is 22.6. The third-order valence-corrected chi connectivity index (χ3v) is 5.82. The lowest BCUT2D eigenvalue weighted by atomic mass is 10.1. The van der Waals surface area contributed by atoms with Crippen molar-refractivity contribution in [3.05, 3.63) is 89.8 Å². The van der Waals surface area contributed by atoms with Gasteiger partial charge in [-0.3, -0.25) is 9.59 Å². The molecule has 0 saturated carbocycles. The summed E-state index contributed by atoms with van der Waals surface area (Å²) in [6.07, 6.45) is 0.148. The molecule has 1 atom stereocenters. The zero-order chi connectivity index (χ0) is 24.2. The van der Waals surface area contributed by atoms with Crippen molar-refractivity contribution < 1.29 is 18.7 Å². The number of anilines is 2. The van der Waals surface area contributed by atoms with Gasteiger partial charge < -0.3 is 19.4 Å². The minimum atomic E-state index is -0.450. The lowest BCUT2D eigenvalue weighted by Crippen LogP contribution is -2.28. The Balaban J connectivity index is 1.14. The second kappa shape index (κ2) is 9.99. The van der Waals surface area contributed by atoms with E-state index in [-0.39, 0.29) is 24.8 Å².